The second-order valence-electron chi connectivity index (χ2n) is 3.63. The molecule has 2 rings (SSSR count). The summed E-state index contributed by atoms with van der Waals surface area (Å²) in [4.78, 5) is 11.6. The summed E-state index contributed by atoms with van der Waals surface area (Å²) in [5.74, 6) is -1.32. The highest BCUT2D eigenvalue weighted by atomic mass is 19.1. The van der Waals surface area contributed by atoms with Crippen LogP contribution in [0.25, 0.3) is 0 Å². The number of hydrogen-bond donors (Lipinski definition) is 1. The average Bonchev–Trinajstić information content (AvgIpc) is 2.74. The molecule has 1 saturated heterocycles. The molecule has 0 saturated carbocycles. The van der Waals surface area contributed by atoms with Gasteiger partial charge in [-0.1, -0.05) is 0 Å². The average molecular weight is 225 g/mol. The first-order chi connectivity index (χ1) is 7.66. The fourth-order valence-corrected chi connectivity index (χ4v) is 1.52. The van der Waals surface area contributed by atoms with Crippen LogP contribution in [0.15, 0.2) is 18.2 Å². The maximum atomic E-state index is 13.3. The maximum absolute atomic E-state index is 13.3. The van der Waals surface area contributed by atoms with Gasteiger partial charge in [0.05, 0.1) is 18.8 Å². The third-order valence-corrected chi connectivity index (χ3v) is 2.37. The Bertz CT molecular complexity index is 402. The fourth-order valence-electron chi connectivity index (χ4n) is 1.52. The van der Waals surface area contributed by atoms with E-state index in [-0.39, 0.29) is 11.7 Å². The first kappa shape index (κ1) is 10.9. The van der Waals surface area contributed by atoms with Gasteiger partial charge in [-0.15, -0.1) is 0 Å². The SMILES string of the molecule is Nc1ccc(F)c(C(=O)OC2CCOC2)c1. The molecule has 1 unspecified atom stereocenters. The van der Waals surface area contributed by atoms with Crippen molar-refractivity contribution >= 4 is 11.7 Å². The van der Waals surface area contributed by atoms with Crippen LogP contribution in [0.5, 0.6) is 0 Å². The van der Waals surface area contributed by atoms with Crippen LogP contribution in [-0.4, -0.2) is 25.3 Å². The van der Waals surface area contributed by atoms with E-state index in [9.17, 15) is 9.18 Å². The molecule has 1 aliphatic rings. The van der Waals surface area contributed by atoms with E-state index < -0.39 is 11.8 Å². The van der Waals surface area contributed by atoms with Crippen molar-refractivity contribution in [3.63, 3.8) is 0 Å². The van der Waals surface area contributed by atoms with E-state index in [1.165, 1.54) is 12.1 Å². The molecule has 86 valence electrons. The Morgan fingerprint density at radius 3 is 3.06 bits per heavy atom. The first-order valence-electron chi connectivity index (χ1n) is 5.00. The van der Waals surface area contributed by atoms with E-state index in [1.807, 2.05) is 0 Å². The lowest BCUT2D eigenvalue weighted by Gasteiger charge is -2.10. The van der Waals surface area contributed by atoms with E-state index in [1.54, 1.807) is 0 Å². The molecule has 1 aliphatic heterocycles. The standard InChI is InChI=1S/C11H12FNO3/c12-10-2-1-7(13)5-9(10)11(14)16-8-3-4-15-6-8/h1-2,5,8H,3-4,6,13H2. The molecule has 5 heteroatoms. The van der Waals surface area contributed by atoms with Crippen LogP contribution in [0, 0.1) is 5.82 Å². The second kappa shape index (κ2) is 4.49. The summed E-state index contributed by atoms with van der Waals surface area (Å²) in [5.41, 5.74) is 5.67. The molecule has 2 N–H and O–H groups in total. The van der Waals surface area contributed by atoms with Crippen LogP contribution in [-0.2, 0) is 9.47 Å². The molecule has 0 spiro atoms. The molecular weight excluding hydrogens is 213 g/mol. The Labute approximate surface area is 92.1 Å². The monoisotopic (exact) mass is 225 g/mol. The predicted molar refractivity (Wildman–Crippen MR) is 55.5 cm³/mol. The van der Waals surface area contributed by atoms with E-state index in [0.717, 1.165) is 6.07 Å². The van der Waals surface area contributed by atoms with E-state index in [0.29, 0.717) is 25.3 Å². The topological polar surface area (TPSA) is 61.6 Å². The Morgan fingerprint density at radius 2 is 2.38 bits per heavy atom. The Morgan fingerprint density at radius 1 is 1.56 bits per heavy atom. The van der Waals surface area contributed by atoms with Crippen molar-refractivity contribution in [3.8, 4) is 0 Å². The molecule has 0 amide bonds. The Hall–Kier alpha value is -1.62. The van der Waals surface area contributed by atoms with Crippen LogP contribution < -0.4 is 5.73 Å². The maximum Gasteiger partial charge on any atom is 0.341 e. The van der Waals surface area contributed by atoms with Crippen molar-refractivity contribution in [1.29, 1.82) is 0 Å². The lowest BCUT2D eigenvalue weighted by Crippen LogP contribution is -2.19. The van der Waals surface area contributed by atoms with Crippen molar-refractivity contribution < 1.29 is 18.7 Å². The molecule has 0 radical (unpaired) electrons. The minimum absolute atomic E-state index is 0.133. The van der Waals surface area contributed by atoms with Gasteiger partial charge in [0.15, 0.2) is 0 Å². The van der Waals surface area contributed by atoms with Gasteiger partial charge >= 0.3 is 5.97 Å². The molecular formula is C11H12FNO3. The van der Waals surface area contributed by atoms with Crippen molar-refractivity contribution in [3.05, 3.63) is 29.6 Å². The molecule has 0 aliphatic carbocycles. The molecule has 0 bridgehead atoms. The zero-order valence-electron chi connectivity index (χ0n) is 8.61. The number of benzene rings is 1. The van der Waals surface area contributed by atoms with Crippen molar-refractivity contribution in [1.82, 2.24) is 0 Å². The number of nitrogens with two attached hydrogens (primary N) is 1. The quantitative estimate of drug-likeness (QED) is 0.609. The second-order valence-corrected chi connectivity index (χ2v) is 3.63. The smallest absolute Gasteiger partial charge is 0.341 e. The van der Waals surface area contributed by atoms with Gasteiger partial charge in [-0.25, -0.2) is 9.18 Å². The van der Waals surface area contributed by atoms with E-state index in [4.69, 9.17) is 15.2 Å². The summed E-state index contributed by atoms with van der Waals surface area (Å²) in [6.45, 7) is 0.938. The first-order valence-corrected chi connectivity index (χ1v) is 5.00. The van der Waals surface area contributed by atoms with Crippen LogP contribution in [0.2, 0.25) is 0 Å². The third kappa shape index (κ3) is 2.30. The zero-order valence-corrected chi connectivity index (χ0v) is 8.61. The predicted octanol–water partition coefficient (Wildman–Crippen LogP) is 1.35. The minimum atomic E-state index is -0.694. The highest BCUT2D eigenvalue weighted by Gasteiger charge is 2.22. The van der Waals surface area contributed by atoms with Gasteiger partial charge in [-0.05, 0) is 18.2 Å². The fraction of sp³-hybridized carbons (Fsp3) is 0.364. The number of rotatable bonds is 2. The lowest BCUT2D eigenvalue weighted by molar-refractivity contribution is 0.0266. The van der Waals surface area contributed by atoms with Crippen molar-refractivity contribution in [2.75, 3.05) is 18.9 Å². The molecule has 1 atom stereocenters. The lowest BCUT2D eigenvalue weighted by atomic mass is 10.2. The van der Waals surface area contributed by atoms with E-state index in [2.05, 4.69) is 0 Å². The van der Waals surface area contributed by atoms with E-state index >= 15 is 0 Å². The van der Waals surface area contributed by atoms with Gasteiger partial charge in [0.25, 0.3) is 0 Å². The molecule has 1 heterocycles. The highest BCUT2D eigenvalue weighted by Crippen LogP contribution is 2.16. The molecule has 16 heavy (non-hydrogen) atoms. The summed E-state index contributed by atoms with van der Waals surface area (Å²) < 4.78 is 23.4. The Balaban J connectivity index is 2.10. The number of halogens is 1. The summed E-state index contributed by atoms with van der Waals surface area (Å²) in [6.07, 6.45) is 0.365. The van der Waals surface area contributed by atoms with Crippen molar-refractivity contribution in [2.24, 2.45) is 0 Å². The molecule has 1 aromatic carbocycles. The largest absolute Gasteiger partial charge is 0.456 e. The normalized spacial score (nSPS) is 19.7. The van der Waals surface area contributed by atoms with Crippen LogP contribution >= 0.6 is 0 Å². The van der Waals surface area contributed by atoms with Crippen LogP contribution in [0.4, 0.5) is 10.1 Å². The number of ether oxygens (including phenoxy) is 2. The summed E-state index contributed by atoms with van der Waals surface area (Å²) in [5, 5.41) is 0. The van der Waals surface area contributed by atoms with Crippen molar-refractivity contribution in [2.45, 2.75) is 12.5 Å². The summed E-state index contributed by atoms with van der Waals surface area (Å²) >= 11 is 0. The van der Waals surface area contributed by atoms with Gasteiger partial charge < -0.3 is 15.2 Å². The number of carbonyl (C=O) groups excluding carboxylic acids is 1. The van der Waals surface area contributed by atoms with Gasteiger partial charge in [-0.3, -0.25) is 0 Å². The van der Waals surface area contributed by atoms with Gasteiger partial charge in [0.1, 0.15) is 11.9 Å². The van der Waals surface area contributed by atoms with Gasteiger partial charge in [-0.2, -0.15) is 0 Å². The van der Waals surface area contributed by atoms with Crippen LogP contribution in [0.1, 0.15) is 16.8 Å². The molecule has 1 fully saturated rings. The number of carbonyl (C=O) groups is 1. The third-order valence-electron chi connectivity index (χ3n) is 2.37. The molecule has 0 aromatic heterocycles. The molecule has 1 aromatic rings. The number of hydrogen-bond acceptors (Lipinski definition) is 4. The van der Waals surface area contributed by atoms with Gasteiger partial charge in [0, 0.05) is 12.1 Å². The number of nitrogen functional groups attached to an aromatic ring is 1. The zero-order chi connectivity index (χ0) is 11.5. The Kier molecular flexibility index (Phi) is 3.05. The van der Waals surface area contributed by atoms with Crippen LogP contribution in [0.3, 0.4) is 0 Å². The number of esters is 1. The minimum Gasteiger partial charge on any atom is -0.456 e. The molecule has 4 nitrogen and oxygen atoms in total. The highest BCUT2D eigenvalue weighted by molar-refractivity contribution is 5.90. The van der Waals surface area contributed by atoms with Gasteiger partial charge in [0.2, 0.25) is 0 Å². The summed E-state index contributed by atoms with van der Waals surface area (Å²) in [6, 6.07) is 3.81. The number of anilines is 1. The summed E-state index contributed by atoms with van der Waals surface area (Å²) in [7, 11) is 0.